The summed E-state index contributed by atoms with van der Waals surface area (Å²) in [7, 11) is 0. The van der Waals surface area contributed by atoms with Crippen molar-refractivity contribution in [2.45, 2.75) is 31.7 Å². The van der Waals surface area contributed by atoms with Crippen molar-refractivity contribution in [1.29, 1.82) is 0 Å². The zero-order chi connectivity index (χ0) is 13.2. The van der Waals surface area contributed by atoms with Gasteiger partial charge in [0.2, 0.25) is 5.91 Å². The van der Waals surface area contributed by atoms with Gasteiger partial charge in [-0.25, -0.2) is 0 Å². The molecule has 0 aliphatic heterocycles. The molecule has 18 heavy (non-hydrogen) atoms. The predicted molar refractivity (Wildman–Crippen MR) is 77.8 cm³/mol. The molecule has 0 heterocycles. The van der Waals surface area contributed by atoms with Crippen molar-refractivity contribution in [3.63, 3.8) is 0 Å². The van der Waals surface area contributed by atoms with Crippen molar-refractivity contribution in [3.05, 3.63) is 29.8 Å². The Morgan fingerprint density at radius 3 is 2.56 bits per heavy atom. The van der Waals surface area contributed by atoms with E-state index in [0.29, 0.717) is 5.75 Å². The largest absolute Gasteiger partial charge is 0.355 e. The zero-order valence-corrected chi connectivity index (χ0v) is 12.0. The van der Waals surface area contributed by atoms with Crippen LogP contribution in [-0.4, -0.2) is 24.7 Å². The van der Waals surface area contributed by atoms with Crippen LogP contribution in [0.4, 0.5) is 0 Å². The van der Waals surface area contributed by atoms with E-state index in [1.54, 1.807) is 11.8 Å². The summed E-state index contributed by atoms with van der Waals surface area (Å²) in [5, 5.41) is 6.16. The highest BCUT2D eigenvalue weighted by Gasteiger charge is 2.01. The summed E-state index contributed by atoms with van der Waals surface area (Å²) in [5.41, 5.74) is 1.27. The maximum absolute atomic E-state index is 11.4. The van der Waals surface area contributed by atoms with Gasteiger partial charge >= 0.3 is 0 Å². The minimum Gasteiger partial charge on any atom is -0.355 e. The molecule has 1 aromatic carbocycles. The molecule has 4 heteroatoms. The fraction of sp³-hybridized carbons (Fsp3) is 0.500. The van der Waals surface area contributed by atoms with E-state index < -0.39 is 0 Å². The zero-order valence-electron chi connectivity index (χ0n) is 11.2. The van der Waals surface area contributed by atoms with Crippen molar-refractivity contribution in [2.24, 2.45) is 0 Å². The first-order valence-electron chi connectivity index (χ1n) is 6.45. The molecule has 0 unspecified atom stereocenters. The van der Waals surface area contributed by atoms with Crippen LogP contribution in [-0.2, 0) is 11.3 Å². The van der Waals surface area contributed by atoms with E-state index in [1.807, 2.05) is 0 Å². The summed E-state index contributed by atoms with van der Waals surface area (Å²) in [6.07, 6.45) is 0.982. The molecule has 1 amide bonds. The van der Waals surface area contributed by atoms with Crippen molar-refractivity contribution in [1.82, 2.24) is 10.6 Å². The van der Waals surface area contributed by atoms with Crippen LogP contribution in [0.5, 0.6) is 0 Å². The average Bonchev–Trinajstić information content (AvgIpc) is 2.41. The number of nitrogens with one attached hydrogen (secondary N) is 2. The van der Waals surface area contributed by atoms with Crippen molar-refractivity contribution < 1.29 is 4.79 Å². The second-order valence-corrected chi connectivity index (χ2v) is 5.11. The van der Waals surface area contributed by atoms with E-state index in [9.17, 15) is 4.79 Å². The van der Waals surface area contributed by atoms with Gasteiger partial charge in [-0.3, -0.25) is 4.79 Å². The topological polar surface area (TPSA) is 41.1 Å². The number of benzene rings is 1. The van der Waals surface area contributed by atoms with Crippen LogP contribution < -0.4 is 10.6 Å². The third kappa shape index (κ3) is 6.07. The number of carbonyl (C=O) groups excluding carboxylic acids is 1. The van der Waals surface area contributed by atoms with Crippen LogP contribution in [0.1, 0.15) is 25.8 Å². The number of carbonyl (C=O) groups is 1. The highest BCUT2D eigenvalue weighted by atomic mass is 32.2. The second-order valence-electron chi connectivity index (χ2n) is 4.06. The van der Waals surface area contributed by atoms with Gasteiger partial charge in [0.25, 0.3) is 0 Å². The molecule has 0 atom stereocenters. The number of hydrogen-bond donors (Lipinski definition) is 2. The van der Waals surface area contributed by atoms with E-state index in [-0.39, 0.29) is 5.91 Å². The average molecular weight is 266 g/mol. The molecule has 0 fully saturated rings. The molecule has 0 spiro atoms. The molecule has 2 N–H and O–H groups in total. The summed E-state index contributed by atoms with van der Waals surface area (Å²) in [4.78, 5) is 12.6. The summed E-state index contributed by atoms with van der Waals surface area (Å²) in [6.45, 7) is 6.79. The fourth-order valence-electron chi connectivity index (χ4n) is 1.44. The molecular weight excluding hydrogens is 244 g/mol. The van der Waals surface area contributed by atoms with Gasteiger partial charge in [-0.15, -0.1) is 11.8 Å². The van der Waals surface area contributed by atoms with Gasteiger partial charge in [0.1, 0.15) is 0 Å². The summed E-state index contributed by atoms with van der Waals surface area (Å²) in [6, 6.07) is 8.36. The van der Waals surface area contributed by atoms with Crippen LogP contribution in [0.3, 0.4) is 0 Å². The maximum atomic E-state index is 11.4. The Morgan fingerprint density at radius 1 is 1.22 bits per heavy atom. The Bertz CT molecular complexity index is 351. The summed E-state index contributed by atoms with van der Waals surface area (Å²) >= 11 is 1.58. The van der Waals surface area contributed by atoms with Gasteiger partial charge in [0.05, 0.1) is 5.75 Å². The number of amides is 1. The Labute approximate surface area is 114 Å². The lowest BCUT2D eigenvalue weighted by molar-refractivity contribution is -0.118. The second kappa shape index (κ2) is 9.00. The minimum atomic E-state index is 0.110. The molecule has 1 aromatic rings. The first kappa shape index (κ1) is 15.1. The Hall–Kier alpha value is -1.00. The quantitative estimate of drug-likeness (QED) is 0.710. The predicted octanol–water partition coefficient (Wildman–Crippen LogP) is 2.41. The van der Waals surface area contributed by atoms with Crippen LogP contribution in [0, 0.1) is 0 Å². The Balaban J connectivity index is 2.32. The lowest BCUT2D eigenvalue weighted by Crippen LogP contribution is -2.25. The van der Waals surface area contributed by atoms with E-state index in [2.05, 4.69) is 48.7 Å². The molecule has 3 nitrogen and oxygen atoms in total. The van der Waals surface area contributed by atoms with Crippen LogP contribution in [0.15, 0.2) is 29.2 Å². The smallest absolute Gasteiger partial charge is 0.230 e. The fourth-order valence-corrected chi connectivity index (χ4v) is 2.17. The molecular formula is C14H22N2OS. The van der Waals surface area contributed by atoms with Crippen LogP contribution in [0.25, 0.3) is 0 Å². The van der Waals surface area contributed by atoms with Crippen molar-refractivity contribution in [3.8, 4) is 0 Å². The minimum absolute atomic E-state index is 0.110. The van der Waals surface area contributed by atoms with Gasteiger partial charge in [0, 0.05) is 18.0 Å². The Morgan fingerprint density at radius 2 is 1.94 bits per heavy atom. The first-order valence-corrected chi connectivity index (χ1v) is 7.44. The molecule has 0 radical (unpaired) electrons. The monoisotopic (exact) mass is 266 g/mol. The van der Waals surface area contributed by atoms with Gasteiger partial charge in [0.15, 0.2) is 0 Å². The molecule has 0 aromatic heterocycles. The van der Waals surface area contributed by atoms with Gasteiger partial charge < -0.3 is 10.6 Å². The van der Waals surface area contributed by atoms with E-state index in [0.717, 1.165) is 31.0 Å². The third-order valence-corrected chi connectivity index (χ3v) is 3.46. The van der Waals surface area contributed by atoms with E-state index in [1.165, 1.54) is 5.56 Å². The lowest BCUT2D eigenvalue weighted by Gasteiger charge is -2.05. The number of rotatable bonds is 8. The van der Waals surface area contributed by atoms with Gasteiger partial charge in [-0.1, -0.05) is 26.0 Å². The van der Waals surface area contributed by atoms with E-state index in [4.69, 9.17) is 0 Å². The van der Waals surface area contributed by atoms with Crippen molar-refractivity contribution in [2.75, 3.05) is 18.8 Å². The molecule has 0 aliphatic rings. The highest BCUT2D eigenvalue weighted by molar-refractivity contribution is 8.00. The van der Waals surface area contributed by atoms with E-state index >= 15 is 0 Å². The lowest BCUT2D eigenvalue weighted by atomic mass is 10.2. The maximum Gasteiger partial charge on any atom is 0.230 e. The molecule has 100 valence electrons. The Kier molecular flexibility index (Phi) is 7.53. The molecule has 0 bridgehead atoms. The molecule has 0 saturated carbocycles. The normalized spacial score (nSPS) is 10.3. The third-order valence-electron chi connectivity index (χ3n) is 2.44. The first-order chi connectivity index (χ1) is 8.76. The van der Waals surface area contributed by atoms with Gasteiger partial charge in [-0.2, -0.15) is 0 Å². The summed E-state index contributed by atoms with van der Waals surface area (Å²) in [5.74, 6) is 0.602. The number of hydrogen-bond acceptors (Lipinski definition) is 3. The SMILES string of the molecule is CCCNC(=O)CSc1ccc(CNCC)cc1. The van der Waals surface area contributed by atoms with Gasteiger partial charge in [-0.05, 0) is 30.7 Å². The number of thioether (sulfide) groups is 1. The molecule has 0 aliphatic carbocycles. The van der Waals surface area contributed by atoms with Crippen LogP contribution >= 0.6 is 11.8 Å². The molecule has 1 rings (SSSR count). The standard InChI is InChI=1S/C14H22N2OS/c1-3-9-16-14(17)11-18-13-7-5-12(6-8-13)10-15-4-2/h5-8,15H,3-4,9-11H2,1-2H3,(H,16,17). The molecule has 0 saturated heterocycles. The van der Waals surface area contributed by atoms with Crippen LogP contribution in [0.2, 0.25) is 0 Å². The summed E-state index contributed by atoms with van der Waals surface area (Å²) < 4.78 is 0. The van der Waals surface area contributed by atoms with Crippen molar-refractivity contribution >= 4 is 17.7 Å². The highest BCUT2D eigenvalue weighted by Crippen LogP contribution is 2.18.